The molecule has 156 valence electrons. The fourth-order valence-electron chi connectivity index (χ4n) is 3.84. The van der Waals surface area contributed by atoms with E-state index in [2.05, 4.69) is 38.7 Å². The zero-order valence-corrected chi connectivity index (χ0v) is 18.3. The summed E-state index contributed by atoms with van der Waals surface area (Å²) in [7, 11) is 0. The summed E-state index contributed by atoms with van der Waals surface area (Å²) in [5, 5.41) is 9.90. The van der Waals surface area contributed by atoms with Crippen LogP contribution in [-0.2, 0) is 11.3 Å². The van der Waals surface area contributed by atoms with E-state index in [1.165, 1.54) is 37.4 Å². The van der Waals surface area contributed by atoms with Gasteiger partial charge >= 0.3 is 0 Å². The van der Waals surface area contributed by atoms with Gasteiger partial charge in [-0.3, -0.25) is 9.36 Å². The van der Waals surface area contributed by atoms with Crippen LogP contribution in [0.4, 0.5) is 5.95 Å². The van der Waals surface area contributed by atoms with Crippen LogP contribution >= 0.6 is 11.8 Å². The van der Waals surface area contributed by atoms with E-state index < -0.39 is 0 Å². The van der Waals surface area contributed by atoms with Crippen molar-refractivity contribution < 1.29 is 4.79 Å². The van der Waals surface area contributed by atoms with Crippen LogP contribution in [0.15, 0.2) is 35.5 Å². The summed E-state index contributed by atoms with van der Waals surface area (Å²) in [5.41, 5.74) is 1.16. The fourth-order valence-corrected chi connectivity index (χ4v) is 4.75. The van der Waals surface area contributed by atoms with E-state index in [4.69, 9.17) is 0 Å². The van der Waals surface area contributed by atoms with Gasteiger partial charge in [-0.2, -0.15) is 0 Å². The number of hydrogen-bond donors (Lipinski definition) is 0. The third-order valence-corrected chi connectivity index (χ3v) is 6.83. The predicted molar refractivity (Wildman–Crippen MR) is 117 cm³/mol. The Labute approximate surface area is 177 Å². The maximum Gasteiger partial charge on any atom is 0.233 e. The first-order valence-electron chi connectivity index (χ1n) is 10.8. The van der Waals surface area contributed by atoms with Crippen molar-refractivity contribution in [2.45, 2.75) is 57.3 Å². The average Bonchev–Trinajstić information content (AvgIpc) is 3.50. The summed E-state index contributed by atoms with van der Waals surface area (Å²) in [6, 6.07) is 10.7. The fraction of sp³-hybridized carbons (Fsp3) is 0.591. The minimum Gasteiger partial charge on any atom is -0.341 e. The summed E-state index contributed by atoms with van der Waals surface area (Å²) in [6.07, 6.45) is 4.80. The smallest absolute Gasteiger partial charge is 0.233 e. The van der Waals surface area contributed by atoms with Gasteiger partial charge in [-0.1, -0.05) is 49.0 Å². The van der Waals surface area contributed by atoms with Crippen molar-refractivity contribution in [1.82, 2.24) is 19.7 Å². The van der Waals surface area contributed by atoms with E-state index in [9.17, 15) is 4.79 Å². The lowest BCUT2D eigenvalue weighted by Gasteiger charge is -2.31. The molecular formula is C22H31N5OS. The Kier molecular flexibility index (Phi) is 6.43. The van der Waals surface area contributed by atoms with Crippen molar-refractivity contribution >= 4 is 23.6 Å². The highest BCUT2D eigenvalue weighted by Crippen LogP contribution is 2.41. The standard InChI is InChI=1S/C22H31N5OS/c1-3-25(15-18-7-5-4-6-8-18)20(28)16-29-22-24-23-21(27(22)19-9-10-19)26-13-11-17(2)12-14-26/h4-8,17,19H,3,9-16H2,1-2H3. The van der Waals surface area contributed by atoms with Crippen LogP contribution in [0.3, 0.4) is 0 Å². The molecule has 1 aromatic carbocycles. The highest BCUT2D eigenvalue weighted by atomic mass is 32.2. The molecule has 2 aliphatic rings. The number of hydrogen-bond acceptors (Lipinski definition) is 5. The Balaban J connectivity index is 1.40. The van der Waals surface area contributed by atoms with Crippen molar-refractivity contribution in [3.05, 3.63) is 35.9 Å². The lowest BCUT2D eigenvalue weighted by Crippen LogP contribution is -2.34. The molecule has 1 aliphatic heterocycles. The third kappa shape index (κ3) is 4.94. The number of carbonyl (C=O) groups excluding carboxylic acids is 1. The van der Waals surface area contributed by atoms with Gasteiger partial charge < -0.3 is 9.80 Å². The van der Waals surface area contributed by atoms with Gasteiger partial charge in [-0.25, -0.2) is 0 Å². The molecular weight excluding hydrogens is 382 g/mol. The molecule has 7 heteroatoms. The summed E-state index contributed by atoms with van der Waals surface area (Å²) in [6.45, 7) is 7.83. The molecule has 0 spiro atoms. The van der Waals surface area contributed by atoms with Crippen LogP contribution in [-0.4, -0.2) is 51.0 Å². The van der Waals surface area contributed by atoms with Gasteiger partial charge in [0.15, 0.2) is 5.16 Å². The van der Waals surface area contributed by atoms with Crippen LogP contribution in [0.5, 0.6) is 0 Å². The molecule has 0 bridgehead atoms. The van der Waals surface area contributed by atoms with Gasteiger partial charge in [0.25, 0.3) is 0 Å². The van der Waals surface area contributed by atoms with Gasteiger partial charge in [0, 0.05) is 32.2 Å². The van der Waals surface area contributed by atoms with Crippen molar-refractivity contribution in [2.24, 2.45) is 5.92 Å². The Morgan fingerprint density at radius 2 is 1.86 bits per heavy atom. The van der Waals surface area contributed by atoms with E-state index >= 15 is 0 Å². The number of thioether (sulfide) groups is 1. The molecule has 6 nitrogen and oxygen atoms in total. The molecule has 4 rings (SSSR count). The number of aromatic nitrogens is 3. The number of amides is 1. The Bertz CT molecular complexity index is 812. The number of anilines is 1. The Hall–Kier alpha value is -2.02. The molecule has 2 heterocycles. The highest BCUT2D eigenvalue weighted by Gasteiger charge is 2.32. The largest absolute Gasteiger partial charge is 0.341 e. The third-order valence-electron chi connectivity index (χ3n) is 5.90. The van der Waals surface area contributed by atoms with E-state index in [0.29, 0.717) is 24.9 Å². The molecule has 1 amide bonds. The van der Waals surface area contributed by atoms with Crippen LogP contribution in [0.1, 0.15) is 51.1 Å². The maximum atomic E-state index is 12.8. The molecule has 0 radical (unpaired) electrons. The lowest BCUT2D eigenvalue weighted by molar-refractivity contribution is -0.128. The molecule has 0 unspecified atom stereocenters. The van der Waals surface area contributed by atoms with Crippen molar-refractivity contribution in [1.29, 1.82) is 0 Å². The van der Waals surface area contributed by atoms with E-state index in [1.54, 1.807) is 0 Å². The first-order valence-corrected chi connectivity index (χ1v) is 11.8. The molecule has 29 heavy (non-hydrogen) atoms. The normalized spacial score (nSPS) is 17.5. The van der Waals surface area contributed by atoms with Gasteiger partial charge in [-0.05, 0) is 44.1 Å². The molecule has 1 aromatic heterocycles. The predicted octanol–water partition coefficient (Wildman–Crippen LogP) is 3.99. The van der Waals surface area contributed by atoms with Crippen molar-refractivity contribution in [3.8, 4) is 0 Å². The molecule has 2 aromatic rings. The van der Waals surface area contributed by atoms with Crippen LogP contribution in [0.25, 0.3) is 0 Å². The lowest BCUT2D eigenvalue weighted by atomic mass is 10.00. The van der Waals surface area contributed by atoms with Gasteiger partial charge in [-0.15, -0.1) is 10.2 Å². The van der Waals surface area contributed by atoms with Crippen molar-refractivity contribution in [3.63, 3.8) is 0 Å². The molecule has 1 saturated carbocycles. The number of rotatable bonds is 8. The zero-order valence-electron chi connectivity index (χ0n) is 17.5. The van der Waals surface area contributed by atoms with E-state index in [1.807, 2.05) is 30.0 Å². The van der Waals surface area contributed by atoms with Gasteiger partial charge in [0.1, 0.15) is 0 Å². The Morgan fingerprint density at radius 3 is 2.52 bits per heavy atom. The summed E-state index contributed by atoms with van der Waals surface area (Å²) < 4.78 is 2.29. The highest BCUT2D eigenvalue weighted by molar-refractivity contribution is 7.99. The molecule has 0 N–H and O–H groups in total. The summed E-state index contributed by atoms with van der Waals surface area (Å²) in [5.74, 6) is 2.36. The number of carbonyl (C=O) groups is 1. The zero-order chi connectivity index (χ0) is 20.2. The number of benzene rings is 1. The monoisotopic (exact) mass is 413 g/mol. The quantitative estimate of drug-likeness (QED) is 0.613. The second-order valence-corrected chi connectivity index (χ2v) is 9.18. The van der Waals surface area contributed by atoms with Crippen LogP contribution < -0.4 is 4.90 Å². The van der Waals surface area contributed by atoms with Crippen LogP contribution in [0, 0.1) is 5.92 Å². The SMILES string of the molecule is CCN(Cc1ccccc1)C(=O)CSc1nnc(N2CCC(C)CC2)n1C1CC1. The van der Waals surface area contributed by atoms with Gasteiger partial charge in [0.05, 0.1) is 5.75 Å². The molecule has 2 fully saturated rings. The topological polar surface area (TPSA) is 54.3 Å². The minimum atomic E-state index is 0.153. The minimum absolute atomic E-state index is 0.153. The average molecular weight is 414 g/mol. The molecule has 1 saturated heterocycles. The molecule has 1 aliphatic carbocycles. The van der Waals surface area contributed by atoms with E-state index in [0.717, 1.165) is 35.7 Å². The summed E-state index contributed by atoms with van der Waals surface area (Å²) >= 11 is 1.53. The summed E-state index contributed by atoms with van der Waals surface area (Å²) in [4.78, 5) is 17.1. The second-order valence-electron chi connectivity index (χ2n) is 8.24. The van der Waals surface area contributed by atoms with Crippen molar-refractivity contribution in [2.75, 3.05) is 30.3 Å². The first kappa shape index (κ1) is 20.3. The number of nitrogens with zero attached hydrogens (tertiary/aromatic N) is 5. The van der Waals surface area contributed by atoms with Crippen LogP contribution in [0.2, 0.25) is 0 Å². The molecule has 0 atom stereocenters. The Morgan fingerprint density at radius 1 is 1.14 bits per heavy atom. The van der Waals surface area contributed by atoms with Gasteiger partial charge in [0.2, 0.25) is 11.9 Å². The first-order chi connectivity index (χ1) is 14.2. The second kappa shape index (κ2) is 9.20. The maximum absolute atomic E-state index is 12.8. The van der Waals surface area contributed by atoms with E-state index in [-0.39, 0.29) is 5.91 Å². The number of piperidine rings is 1.